The van der Waals surface area contributed by atoms with Gasteiger partial charge in [-0.25, -0.2) is 0 Å². The Bertz CT molecular complexity index is 136. The highest BCUT2D eigenvalue weighted by Crippen LogP contribution is 2.52. The van der Waals surface area contributed by atoms with Crippen molar-refractivity contribution < 1.29 is 0 Å². The van der Waals surface area contributed by atoms with E-state index in [1.165, 1.54) is 32.1 Å². The number of hydrogen-bond donors (Lipinski definition) is 0. The molecule has 0 aromatic rings. The summed E-state index contributed by atoms with van der Waals surface area (Å²) in [6, 6.07) is 0. The molecule has 0 aliphatic heterocycles. The fourth-order valence-electron chi connectivity index (χ4n) is 2.42. The van der Waals surface area contributed by atoms with Crippen LogP contribution in [0.4, 0.5) is 0 Å². The summed E-state index contributed by atoms with van der Waals surface area (Å²) in [7, 11) is 6.13. The van der Waals surface area contributed by atoms with Crippen molar-refractivity contribution in [3.8, 4) is 0 Å². The van der Waals surface area contributed by atoms with Crippen molar-refractivity contribution in [2.75, 3.05) is 0 Å². The van der Waals surface area contributed by atoms with Crippen molar-refractivity contribution in [2.24, 2.45) is 5.92 Å². The lowest BCUT2D eigenvalue weighted by Gasteiger charge is -2.48. The molecule has 0 nitrogen and oxygen atoms in total. The average molecular weight is 174 g/mol. The molecule has 3 rings (SSSR count). The van der Waals surface area contributed by atoms with Gasteiger partial charge in [0.1, 0.15) is 0 Å². The summed E-state index contributed by atoms with van der Waals surface area (Å²) < 4.78 is 0. The molecule has 0 radical (unpaired) electrons. The lowest BCUT2D eigenvalue weighted by atomic mass is 9.70. The number of rotatable bonds is 0. The molecule has 2 heteroatoms. The van der Waals surface area contributed by atoms with Crippen LogP contribution in [0.25, 0.3) is 0 Å². The molecule has 0 aromatic carbocycles. The second-order valence-electron chi connectivity index (χ2n) is 4.02. The predicted octanol–water partition coefficient (Wildman–Crippen LogP) is 2.44. The molecule has 3 aliphatic rings. The Labute approximate surface area is 67.9 Å². The van der Waals surface area contributed by atoms with E-state index < -0.39 is 0 Å². The highest BCUT2D eigenvalue weighted by molar-refractivity contribution is 7.24. The van der Waals surface area contributed by atoms with Crippen LogP contribution in [0.3, 0.4) is 0 Å². The van der Waals surface area contributed by atoms with Gasteiger partial charge >= 0.3 is 0 Å². The van der Waals surface area contributed by atoms with Crippen LogP contribution in [0.5, 0.6) is 0 Å². The summed E-state index contributed by atoms with van der Waals surface area (Å²) in [4.78, 5) is 0. The summed E-state index contributed by atoms with van der Waals surface area (Å²) in [6.45, 7) is 0. The van der Waals surface area contributed by atoms with Gasteiger partial charge in [0.15, 0.2) is 0 Å². The molecule has 3 fully saturated rings. The van der Waals surface area contributed by atoms with Gasteiger partial charge in [0, 0.05) is 0 Å². The third kappa shape index (κ3) is 1.05. The summed E-state index contributed by atoms with van der Waals surface area (Å²) in [5, 5.41) is 0.624. The van der Waals surface area contributed by atoms with Gasteiger partial charge in [-0.3, -0.25) is 0 Å². The Morgan fingerprint density at radius 1 is 1.20 bits per heavy atom. The maximum atomic E-state index is 3.10. The fraction of sp³-hybridized carbons (Fsp3) is 1.00. The van der Waals surface area contributed by atoms with Gasteiger partial charge in [-0.05, 0) is 48.8 Å². The van der Waals surface area contributed by atoms with Crippen LogP contribution in [-0.4, -0.2) is 10.8 Å². The van der Waals surface area contributed by atoms with Gasteiger partial charge in [0.05, 0.1) is 0 Å². The zero-order chi connectivity index (χ0) is 7.19. The summed E-state index contributed by atoms with van der Waals surface area (Å²) in [5.41, 5.74) is 0.894. The Morgan fingerprint density at radius 2 is 1.80 bits per heavy atom. The van der Waals surface area contributed by atoms with Crippen molar-refractivity contribution in [2.45, 2.75) is 42.9 Å². The predicted molar refractivity (Wildman–Crippen MR) is 52.5 cm³/mol. The first-order valence-electron chi connectivity index (χ1n) is 4.25. The molecule has 3 saturated carbocycles. The second kappa shape index (κ2) is 2.43. The van der Waals surface area contributed by atoms with E-state index in [-0.39, 0.29) is 0 Å². The summed E-state index contributed by atoms with van der Waals surface area (Å²) >= 11 is 0. The van der Waals surface area contributed by atoms with Gasteiger partial charge in [-0.2, -0.15) is 0 Å². The molecule has 3 unspecified atom stereocenters. The van der Waals surface area contributed by atoms with Gasteiger partial charge < -0.3 is 0 Å². The van der Waals surface area contributed by atoms with Crippen LogP contribution in [0.2, 0.25) is 0 Å². The molecule has 2 bridgehead atoms. The summed E-state index contributed by atoms with van der Waals surface area (Å²) in [6.07, 6.45) is 7.37. The molecule has 10 heavy (non-hydrogen) atoms. The van der Waals surface area contributed by atoms with Crippen molar-refractivity contribution in [3.05, 3.63) is 0 Å². The van der Waals surface area contributed by atoms with E-state index in [1.54, 1.807) is 0 Å². The number of hydrogen-bond acceptors (Lipinski definition) is 0. The van der Waals surface area contributed by atoms with E-state index in [0.717, 1.165) is 11.6 Å². The zero-order valence-electron chi connectivity index (χ0n) is 6.34. The molecule has 0 aromatic heterocycles. The van der Waals surface area contributed by atoms with Crippen molar-refractivity contribution >= 4 is 18.5 Å². The molecule has 0 amide bonds. The van der Waals surface area contributed by atoms with E-state index in [1.807, 2.05) is 0 Å². The lowest BCUT2D eigenvalue weighted by molar-refractivity contribution is 0.210. The molecule has 3 aliphatic carbocycles. The fourth-order valence-corrected chi connectivity index (χ4v) is 3.60. The van der Waals surface area contributed by atoms with E-state index in [2.05, 4.69) is 18.5 Å². The van der Waals surface area contributed by atoms with Crippen LogP contribution in [0.1, 0.15) is 32.1 Å². The maximum absolute atomic E-state index is 3.10. The van der Waals surface area contributed by atoms with E-state index in [4.69, 9.17) is 0 Å². The first-order chi connectivity index (χ1) is 4.71. The van der Waals surface area contributed by atoms with Crippen molar-refractivity contribution in [3.63, 3.8) is 0 Å². The Morgan fingerprint density at radius 3 is 2.10 bits per heavy atom. The highest BCUT2D eigenvalue weighted by atomic mass is 31.0. The van der Waals surface area contributed by atoms with E-state index in [9.17, 15) is 0 Å². The van der Waals surface area contributed by atoms with Crippen molar-refractivity contribution in [1.29, 1.82) is 0 Å². The largest absolute Gasteiger partial charge is 0.134 e. The zero-order valence-corrected chi connectivity index (χ0v) is 8.65. The maximum Gasteiger partial charge on any atom is -0.00873 e. The van der Waals surface area contributed by atoms with Crippen LogP contribution in [-0.2, 0) is 0 Å². The lowest BCUT2D eigenvalue weighted by Crippen LogP contribution is -2.43. The van der Waals surface area contributed by atoms with Crippen LogP contribution < -0.4 is 0 Å². The monoisotopic (exact) mass is 174 g/mol. The molecule has 58 valence electrons. The third-order valence-electron chi connectivity index (χ3n) is 3.36. The Balaban J connectivity index is 2.17. The second-order valence-corrected chi connectivity index (χ2v) is 5.97. The van der Waals surface area contributed by atoms with Crippen molar-refractivity contribution in [1.82, 2.24) is 0 Å². The van der Waals surface area contributed by atoms with E-state index in [0.29, 0.717) is 5.16 Å². The molecule has 0 saturated heterocycles. The van der Waals surface area contributed by atoms with Gasteiger partial charge in [0.25, 0.3) is 0 Å². The average Bonchev–Trinajstić information content (AvgIpc) is 1.92. The molecule has 0 N–H and O–H groups in total. The first kappa shape index (κ1) is 7.51. The minimum atomic E-state index is 0.624. The standard InChI is InChI=1S/C8H16P2/c9-7-5-6-1-3-8(7,10)4-2-6/h6-7H,1-5,9-10H2. The normalized spacial score (nSPS) is 53.4. The Hall–Kier alpha value is 0.860. The quantitative estimate of drug-likeness (QED) is 0.495. The molecular formula is C8H16P2. The van der Waals surface area contributed by atoms with Crippen LogP contribution in [0, 0.1) is 5.92 Å². The molecule has 0 spiro atoms. The minimum Gasteiger partial charge on any atom is -0.134 e. The van der Waals surface area contributed by atoms with Gasteiger partial charge in [0.2, 0.25) is 0 Å². The molecular weight excluding hydrogens is 158 g/mol. The van der Waals surface area contributed by atoms with Gasteiger partial charge in [-0.15, -0.1) is 18.5 Å². The summed E-state index contributed by atoms with van der Waals surface area (Å²) in [5.74, 6) is 1.07. The van der Waals surface area contributed by atoms with E-state index >= 15 is 0 Å². The minimum absolute atomic E-state index is 0.624. The molecule has 3 atom stereocenters. The first-order valence-corrected chi connectivity index (χ1v) is 5.49. The highest BCUT2D eigenvalue weighted by Gasteiger charge is 2.42. The van der Waals surface area contributed by atoms with Crippen LogP contribution >= 0.6 is 18.5 Å². The number of fused-ring (bicyclic) bond motifs is 3. The Kier molecular flexibility index (Phi) is 1.82. The SMILES string of the molecule is PC1CC2CCC1(P)CC2. The van der Waals surface area contributed by atoms with Gasteiger partial charge in [-0.1, -0.05) is 0 Å². The van der Waals surface area contributed by atoms with Crippen LogP contribution in [0.15, 0.2) is 0 Å². The third-order valence-corrected chi connectivity index (χ3v) is 5.69. The topological polar surface area (TPSA) is 0 Å². The smallest absolute Gasteiger partial charge is 0.00873 e. The molecule has 0 heterocycles.